The van der Waals surface area contributed by atoms with Crippen LogP contribution in [0.3, 0.4) is 0 Å². The molecular weight excluding hydrogens is 254 g/mol. The van der Waals surface area contributed by atoms with Crippen molar-refractivity contribution >= 4 is 17.6 Å². The number of hydrogen-bond acceptors (Lipinski definition) is 3. The molecule has 2 atom stereocenters. The van der Waals surface area contributed by atoms with Gasteiger partial charge in [0, 0.05) is 10.9 Å². The normalized spacial score (nSPS) is 23.3. The highest BCUT2D eigenvalue weighted by Gasteiger charge is 2.22. The van der Waals surface area contributed by atoms with Gasteiger partial charge in [0.15, 0.2) is 0 Å². The van der Waals surface area contributed by atoms with Crippen LogP contribution >= 0.6 is 11.8 Å². The lowest BCUT2D eigenvalue weighted by molar-refractivity contribution is 0.394. The van der Waals surface area contributed by atoms with Crippen LogP contribution in [0.4, 0.5) is 0 Å². The van der Waals surface area contributed by atoms with Crippen molar-refractivity contribution in [3.63, 3.8) is 0 Å². The van der Waals surface area contributed by atoms with Crippen LogP contribution in [0.2, 0.25) is 0 Å². The number of amidine groups is 1. The van der Waals surface area contributed by atoms with E-state index in [1.807, 2.05) is 31.7 Å². The molecule has 1 aliphatic rings. The Morgan fingerprint density at radius 1 is 1.42 bits per heavy atom. The summed E-state index contributed by atoms with van der Waals surface area (Å²) >= 11 is 1.82. The van der Waals surface area contributed by atoms with Gasteiger partial charge in [-0.05, 0) is 44.2 Å². The maximum Gasteiger partial charge on any atom is 0.125 e. The quantitative estimate of drug-likeness (QED) is 0.654. The molecule has 0 radical (unpaired) electrons. The molecule has 4 heteroatoms. The standard InChI is InChI=1S/C15H23N3S/c1-9-5-4-6-12(7-9)19-15-13(14(16)17)10(2)8-11(3)18-15/h8-9,12H,4-7H2,1-3H3,(H3,16,17). The minimum Gasteiger partial charge on any atom is -0.384 e. The van der Waals surface area contributed by atoms with Crippen molar-refractivity contribution in [2.24, 2.45) is 11.7 Å². The lowest BCUT2D eigenvalue weighted by Gasteiger charge is -2.26. The highest BCUT2D eigenvalue weighted by atomic mass is 32.2. The minimum atomic E-state index is 0.136. The van der Waals surface area contributed by atoms with Crippen molar-refractivity contribution < 1.29 is 0 Å². The molecule has 1 aromatic heterocycles. The molecule has 1 aromatic rings. The molecule has 0 saturated heterocycles. The Morgan fingerprint density at radius 2 is 2.16 bits per heavy atom. The van der Waals surface area contributed by atoms with E-state index in [1.165, 1.54) is 25.7 Å². The molecule has 2 rings (SSSR count). The minimum absolute atomic E-state index is 0.136. The highest BCUT2D eigenvalue weighted by molar-refractivity contribution is 7.99. The molecule has 1 heterocycles. The first-order chi connectivity index (χ1) is 8.97. The average Bonchev–Trinajstić information content (AvgIpc) is 2.26. The van der Waals surface area contributed by atoms with Crippen molar-refractivity contribution in [1.29, 1.82) is 5.41 Å². The van der Waals surface area contributed by atoms with Crippen molar-refractivity contribution in [2.75, 3.05) is 0 Å². The Balaban J connectivity index is 2.25. The van der Waals surface area contributed by atoms with Crippen LogP contribution in [-0.2, 0) is 0 Å². The number of aromatic nitrogens is 1. The monoisotopic (exact) mass is 277 g/mol. The Bertz CT molecular complexity index is 485. The van der Waals surface area contributed by atoms with Gasteiger partial charge in [-0.25, -0.2) is 4.98 Å². The second-order valence-electron chi connectivity index (χ2n) is 5.69. The molecule has 3 nitrogen and oxygen atoms in total. The molecule has 0 spiro atoms. The summed E-state index contributed by atoms with van der Waals surface area (Å²) in [6.07, 6.45) is 5.15. The van der Waals surface area contributed by atoms with Crippen LogP contribution in [0.25, 0.3) is 0 Å². The van der Waals surface area contributed by atoms with Gasteiger partial charge in [-0.1, -0.05) is 19.8 Å². The van der Waals surface area contributed by atoms with E-state index in [0.717, 1.165) is 27.8 Å². The zero-order chi connectivity index (χ0) is 14.0. The molecule has 0 amide bonds. The first-order valence-corrected chi connectivity index (χ1v) is 7.84. The molecule has 1 aliphatic carbocycles. The van der Waals surface area contributed by atoms with Crippen molar-refractivity contribution in [3.8, 4) is 0 Å². The van der Waals surface area contributed by atoms with Crippen LogP contribution in [-0.4, -0.2) is 16.1 Å². The van der Waals surface area contributed by atoms with Crippen molar-refractivity contribution in [3.05, 3.63) is 22.9 Å². The Hall–Kier alpha value is -1.03. The first-order valence-electron chi connectivity index (χ1n) is 6.96. The fraction of sp³-hybridized carbons (Fsp3) is 0.600. The van der Waals surface area contributed by atoms with Gasteiger partial charge >= 0.3 is 0 Å². The Morgan fingerprint density at radius 3 is 2.79 bits per heavy atom. The predicted molar refractivity (Wildman–Crippen MR) is 82.0 cm³/mol. The number of aryl methyl sites for hydroxylation is 2. The number of pyridine rings is 1. The summed E-state index contributed by atoms with van der Waals surface area (Å²) in [5.41, 5.74) is 8.63. The summed E-state index contributed by atoms with van der Waals surface area (Å²) in [7, 11) is 0. The summed E-state index contributed by atoms with van der Waals surface area (Å²) < 4.78 is 0. The fourth-order valence-corrected chi connectivity index (χ4v) is 4.47. The molecule has 1 saturated carbocycles. The third kappa shape index (κ3) is 3.50. The predicted octanol–water partition coefficient (Wildman–Crippen LogP) is 3.65. The van der Waals surface area contributed by atoms with Crippen LogP contribution in [0.5, 0.6) is 0 Å². The lowest BCUT2D eigenvalue weighted by Crippen LogP contribution is -2.19. The maximum absolute atomic E-state index is 7.77. The van der Waals surface area contributed by atoms with Gasteiger partial charge in [-0.15, -0.1) is 11.8 Å². The summed E-state index contributed by atoms with van der Waals surface area (Å²) in [5.74, 6) is 0.939. The van der Waals surface area contributed by atoms with Gasteiger partial charge in [0.2, 0.25) is 0 Å². The molecular formula is C15H23N3S. The number of nitrogen functional groups attached to an aromatic ring is 1. The number of thioether (sulfide) groups is 1. The van der Waals surface area contributed by atoms with E-state index in [-0.39, 0.29) is 5.84 Å². The summed E-state index contributed by atoms with van der Waals surface area (Å²) in [5, 5.41) is 9.34. The smallest absolute Gasteiger partial charge is 0.125 e. The zero-order valence-electron chi connectivity index (χ0n) is 12.0. The van der Waals surface area contributed by atoms with Crippen LogP contribution in [0.15, 0.2) is 11.1 Å². The molecule has 0 aliphatic heterocycles. The van der Waals surface area contributed by atoms with Crippen LogP contribution in [0.1, 0.15) is 49.4 Å². The van der Waals surface area contributed by atoms with E-state index in [1.54, 1.807) is 0 Å². The maximum atomic E-state index is 7.77. The highest BCUT2D eigenvalue weighted by Crippen LogP contribution is 2.37. The SMILES string of the molecule is Cc1cc(C)c(C(=N)N)c(SC2CCCC(C)C2)n1. The summed E-state index contributed by atoms with van der Waals surface area (Å²) in [6, 6.07) is 2.00. The van der Waals surface area contributed by atoms with Gasteiger partial charge in [-0.2, -0.15) is 0 Å². The first kappa shape index (κ1) is 14.4. The fourth-order valence-electron chi connectivity index (χ4n) is 2.86. The van der Waals surface area contributed by atoms with Gasteiger partial charge in [0.05, 0.1) is 5.56 Å². The lowest BCUT2D eigenvalue weighted by atomic mass is 9.91. The van der Waals surface area contributed by atoms with Crippen LogP contribution < -0.4 is 5.73 Å². The topological polar surface area (TPSA) is 62.8 Å². The Kier molecular flexibility index (Phi) is 4.50. The Labute approximate surface area is 119 Å². The van der Waals surface area contributed by atoms with Gasteiger partial charge < -0.3 is 5.73 Å². The summed E-state index contributed by atoms with van der Waals surface area (Å²) in [6.45, 7) is 6.34. The third-order valence-corrected chi connectivity index (χ3v) is 5.03. The van der Waals surface area contributed by atoms with E-state index in [9.17, 15) is 0 Å². The molecule has 0 aromatic carbocycles. The molecule has 3 N–H and O–H groups in total. The van der Waals surface area contributed by atoms with E-state index in [4.69, 9.17) is 11.1 Å². The molecule has 104 valence electrons. The molecule has 1 fully saturated rings. The second kappa shape index (κ2) is 5.95. The second-order valence-corrected chi connectivity index (χ2v) is 6.98. The van der Waals surface area contributed by atoms with E-state index < -0.39 is 0 Å². The van der Waals surface area contributed by atoms with E-state index in [2.05, 4.69) is 11.9 Å². The third-order valence-electron chi connectivity index (χ3n) is 3.75. The number of nitrogens with two attached hydrogens (primary N) is 1. The van der Waals surface area contributed by atoms with Gasteiger partial charge in [-0.3, -0.25) is 5.41 Å². The van der Waals surface area contributed by atoms with E-state index >= 15 is 0 Å². The number of rotatable bonds is 3. The van der Waals surface area contributed by atoms with Gasteiger partial charge in [0.25, 0.3) is 0 Å². The largest absolute Gasteiger partial charge is 0.384 e. The zero-order valence-corrected chi connectivity index (χ0v) is 12.8. The summed E-state index contributed by atoms with van der Waals surface area (Å²) in [4.78, 5) is 4.62. The van der Waals surface area contributed by atoms with E-state index in [0.29, 0.717) is 5.25 Å². The van der Waals surface area contributed by atoms with Crippen LogP contribution in [0, 0.1) is 25.2 Å². The number of nitrogens with zero attached hydrogens (tertiary/aromatic N) is 1. The molecule has 19 heavy (non-hydrogen) atoms. The number of nitrogens with one attached hydrogen (secondary N) is 1. The average molecular weight is 277 g/mol. The van der Waals surface area contributed by atoms with Crippen molar-refractivity contribution in [2.45, 2.75) is 56.7 Å². The number of hydrogen-bond donors (Lipinski definition) is 2. The van der Waals surface area contributed by atoms with Gasteiger partial charge in [0.1, 0.15) is 10.9 Å². The van der Waals surface area contributed by atoms with Crippen molar-refractivity contribution in [1.82, 2.24) is 4.98 Å². The molecule has 2 unspecified atom stereocenters. The molecule has 0 bridgehead atoms.